The first-order valence-corrected chi connectivity index (χ1v) is 8.70. The van der Waals surface area contributed by atoms with Crippen molar-refractivity contribution < 1.29 is 14.3 Å². The molecule has 2 aliphatic rings. The summed E-state index contributed by atoms with van der Waals surface area (Å²) >= 11 is 0. The Bertz CT molecular complexity index is 1010. The number of para-hydroxylation sites is 1. The third-order valence-corrected chi connectivity index (χ3v) is 5.41. The zero-order chi connectivity index (χ0) is 17.7. The molecule has 3 heteroatoms. The van der Waals surface area contributed by atoms with Crippen LogP contribution in [-0.4, -0.2) is 17.2 Å². The Morgan fingerprint density at radius 1 is 0.808 bits per heavy atom. The molecular formula is C23H16O3. The average Bonchev–Trinajstić information content (AvgIpc) is 3.28. The predicted molar refractivity (Wildman–Crippen MR) is 97.6 cm³/mol. The van der Waals surface area contributed by atoms with Gasteiger partial charge in [0.25, 0.3) is 0 Å². The van der Waals surface area contributed by atoms with Gasteiger partial charge in [-0.1, -0.05) is 72.8 Å². The summed E-state index contributed by atoms with van der Waals surface area (Å²) in [5, 5.41) is 0. The van der Waals surface area contributed by atoms with Gasteiger partial charge in [-0.25, -0.2) is 0 Å². The number of ketones is 2. The molecule has 0 saturated heterocycles. The predicted octanol–water partition coefficient (Wildman–Crippen LogP) is 4.30. The van der Waals surface area contributed by atoms with Gasteiger partial charge >= 0.3 is 0 Å². The van der Waals surface area contributed by atoms with Gasteiger partial charge in [-0.2, -0.15) is 0 Å². The average molecular weight is 340 g/mol. The van der Waals surface area contributed by atoms with E-state index in [4.69, 9.17) is 4.74 Å². The van der Waals surface area contributed by atoms with Gasteiger partial charge < -0.3 is 4.74 Å². The van der Waals surface area contributed by atoms with Crippen molar-refractivity contribution in [3.05, 3.63) is 102 Å². The first-order valence-electron chi connectivity index (χ1n) is 8.70. The third-order valence-electron chi connectivity index (χ3n) is 5.41. The Labute approximate surface area is 151 Å². The molecule has 3 aromatic rings. The molecule has 0 amide bonds. The van der Waals surface area contributed by atoms with E-state index >= 15 is 0 Å². The zero-order valence-corrected chi connectivity index (χ0v) is 14.0. The standard InChI is InChI=1S/C23H16O3/c24-21(16-11-5-2-6-12-16)20-19(15-9-3-1-4-10-15)23(20)22(25)17-13-7-8-14-18(17)26-23/h1-14,19-20H/t19-,20+,23+/m0/s1. The minimum Gasteiger partial charge on any atom is -0.477 e. The smallest absolute Gasteiger partial charge is 0.211 e. The zero-order valence-electron chi connectivity index (χ0n) is 14.0. The molecular weight excluding hydrogens is 324 g/mol. The number of Topliss-reactive ketones (excluding diaryl/α,β-unsaturated/α-hetero) is 2. The lowest BCUT2D eigenvalue weighted by molar-refractivity contribution is 0.0741. The van der Waals surface area contributed by atoms with Crippen LogP contribution in [-0.2, 0) is 0 Å². The number of benzene rings is 3. The number of carbonyl (C=O) groups is 2. The number of carbonyl (C=O) groups excluding carboxylic acids is 2. The van der Waals surface area contributed by atoms with Crippen molar-refractivity contribution in [2.24, 2.45) is 5.92 Å². The Balaban J connectivity index is 1.62. The minimum absolute atomic E-state index is 0.0411. The van der Waals surface area contributed by atoms with Crippen LogP contribution in [0.1, 0.15) is 32.2 Å². The van der Waals surface area contributed by atoms with Gasteiger partial charge in [0.1, 0.15) is 5.75 Å². The van der Waals surface area contributed by atoms with E-state index in [2.05, 4.69) is 0 Å². The molecule has 3 nitrogen and oxygen atoms in total. The van der Waals surface area contributed by atoms with Crippen molar-refractivity contribution in [3.63, 3.8) is 0 Å². The van der Waals surface area contributed by atoms with Crippen LogP contribution in [0.2, 0.25) is 0 Å². The molecule has 0 aromatic heterocycles. The molecule has 3 aromatic carbocycles. The van der Waals surface area contributed by atoms with Crippen molar-refractivity contribution in [1.29, 1.82) is 0 Å². The van der Waals surface area contributed by atoms with Crippen molar-refractivity contribution in [3.8, 4) is 5.75 Å². The SMILES string of the molecule is O=C(c1ccccc1)[C@H]1[C@H](c2ccccc2)[C@@]12Oc1ccccc1C2=O. The number of rotatable bonds is 3. The van der Waals surface area contributed by atoms with Gasteiger partial charge in [-0.3, -0.25) is 9.59 Å². The van der Waals surface area contributed by atoms with Crippen LogP contribution >= 0.6 is 0 Å². The van der Waals surface area contributed by atoms with Crippen LogP contribution in [0.15, 0.2) is 84.9 Å². The molecule has 1 aliphatic heterocycles. The minimum atomic E-state index is -1.11. The molecule has 0 radical (unpaired) electrons. The molecule has 3 atom stereocenters. The van der Waals surface area contributed by atoms with Gasteiger partial charge in [0.05, 0.1) is 11.5 Å². The van der Waals surface area contributed by atoms with E-state index in [-0.39, 0.29) is 17.5 Å². The topological polar surface area (TPSA) is 43.4 Å². The van der Waals surface area contributed by atoms with E-state index in [1.54, 1.807) is 24.3 Å². The maximum atomic E-state index is 13.2. The Kier molecular flexibility index (Phi) is 3.13. The number of hydrogen-bond acceptors (Lipinski definition) is 3. The van der Waals surface area contributed by atoms with E-state index in [9.17, 15) is 9.59 Å². The van der Waals surface area contributed by atoms with Gasteiger partial charge in [0.2, 0.25) is 5.78 Å². The summed E-state index contributed by atoms with van der Waals surface area (Å²) in [6.45, 7) is 0. The number of ether oxygens (including phenoxy) is 1. The highest BCUT2D eigenvalue weighted by molar-refractivity contribution is 6.17. The van der Waals surface area contributed by atoms with E-state index < -0.39 is 11.5 Å². The van der Waals surface area contributed by atoms with Crippen LogP contribution in [0, 0.1) is 5.92 Å². The fourth-order valence-corrected chi connectivity index (χ4v) is 4.18. The van der Waals surface area contributed by atoms with Crippen molar-refractivity contribution in [2.45, 2.75) is 11.5 Å². The quantitative estimate of drug-likeness (QED) is 0.668. The molecule has 0 bridgehead atoms. The summed E-state index contributed by atoms with van der Waals surface area (Å²) in [4.78, 5) is 26.4. The van der Waals surface area contributed by atoms with E-state index in [0.29, 0.717) is 16.9 Å². The van der Waals surface area contributed by atoms with Crippen LogP contribution in [0.5, 0.6) is 5.75 Å². The molecule has 0 unspecified atom stereocenters. The first-order chi connectivity index (χ1) is 12.7. The summed E-state index contributed by atoms with van der Waals surface area (Å²) in [6, 6.07) is 26.1. The molecule has 0 N–H and O–H groups in total. The van der Waals surface area contributed by atoms with Gasteiger partial charge in [-0.05, 0) is 17.7 Å². The van der Waals surface area contributed by atoms with Crippen LogP contribution in [0.4, 0.5) is 0 Å². The molecule has 1 saturated carbocycles. The van der Waals surface area contributed by atoms with Gasteiger partial charge in [0.15, 0.2) is 11.4 Å². The second-order valence-corrected chi connectivity index (χ2v) is 6.82. The van der Waals surface area contributed by atoms with Crippen molar-refractivity contribution >= 4 is 11.6 Å². The number of fused-ring (bicyclic) bond motifs is 1. The summed E-state index contributed by atoms with van der Waals surface area (Å²) in [7, 11) is 0. The van der Waals surface area contributed by atoms with E-state index in [1.807, 2.05) is 60.7 Å². The molecule has 1 aliphatic carbocycles. The summed E-state index contributed by atoms with van der Waals surface area (Å²) in [6.07, 6.45) is 0. The van der Waals surface area contributed by atoms with Crippen molar-refractivity contribution in [1.82, 2.24) is 0 Å². The molecule has 1 heterocycles. The lowest BCUT2D eigenvalue weighted by Crippen LogP contribution is -2.29. The van der Waals surface area contributed by atoms with Gasteiger partial charge in [0, 0.05) is 11.5 Å². The highest BCUT2D eigenvalue weighted by Crippen LogP contribution is 2.65. The number of hydrogen-bond donors (Lipinski definition) is 0. The maximum absolute atomic E-state index is 13.2. The first kappa shape index (κ1) is 15.1. The van der Waals surface area contributed by atoms with Crippen LogP contribution in [0.3, 0.4) is 0 Å². The van der Waals surface area contributed by atoms with Crippen LogP contribution < -0.4 is 4.74 Å². The van der Waals surface area contributed by atoms with E-state index in [1.165, 1.54) is 0 Å². The molecule has 5 rings (SSSR count). The summed E-state index contributed by atoms with van der Waals surface area (Å²) < 4.78 is 6.17. The maximum Gasteiger partial charge on any atom is 0.211 e. The summed E-state index contributed by atoms with van der Waals surface area (Å²) in [5.41, 5.74) is 1.03. The normalized spacial score (nSPS) is 25.6. The monoisotopic (exact) mass is 340 g/mol. The lowest BCUT2D eigenvalue weighted by Gasteiger charge is -2.10. The Morgan fingerprint density at radius 3 is 2.12 bits per heavy atom. The molecule has 1 spiro atoms. The fraction of sp³-hybridized carbons (Fsp3) is 0.130. The third kappa shape index (κ3) is 1.94. The van der Waals surface area contributed by atoms with Crippen LogP contribution in [0.25, 0.3) is 0 Å². The highest BCUT2D eigenvalue weighted by Gasteiger charge is 2.77. The van der Waals surface area contributed by atoms with E-state index in [0.717, 1.165) is 5.56 Å². The summed E-state index contributed by atoms with van der Waals surface area (Å²) in [5.74, 6) is -0.331. The Hall–Kier alpha value is -3.20. The van der Waals surface area contributed by atoms with Crippen molar-refractivity contribution in [2.75, 3.05) is 0 Å². The molecule has 126 valence electrons. The highest BCUT2D eigenvalue weighted by atomic mass is 16.5. The largest absolute Gasteiger partial charge is 0.477 e. The van der Waals surface area contributed by atoms with Gasteiger partial charge in [-0.15, -0.1) is 0 Å². The fourth-order valence-electron chi connectivity index (χ4n) is 4.18. The second-order valence-electron chi connectivity index (χ2n) is 6.82. The second kappa shape index (κ2) is 5.40. The molecule has 26 heavy (non-hydrogen) atoms. The lowest BCUT2D eigenvalue weighted by atomic mass is 10.0. The Morgan fingerprint density at radius 2 is 1.42 bits per heavy atom. The molecule has 1 fully saturated rings.